The molecule has 1 heterocycles. The maximum atomic E-state index is 9.17. The fraction of sp³-hybridized carbons (Fsp3) is 0.286. The summed E-state index contributed by atoms with van der Waals surface area (Å²) in [6, 6.07) is 8.12. The first-order chi connectivity index (χ1) is 8.24. The first-order valence-electron chi connectivity index (χ1n) is 5.77. The Balaban J connectivity index is 2.42. The number of benzene rings is 1. The van der Waals surface area contributed by atoms with Gasteiger partial charge in [0.2, 0.25) is 0 Å². The van der Waals surface area contributed by atoms with Gasteiger partial charge >= 0.3 is 0 Å². The molecule has 2 aromatic rings. The van der Waals surface area contributed by atoms with Crippen molar-refractivity contribution in [2.45, 2.75) is 26.9 Å². The van der Waals surface area contributed by atoms with E-state index >= 15 is 0 Å². The normalized spacial score (nSPS) is 10.5. The molecule has 0 aliphatic carbocycles. The van der Waals surface area contributed by atoms with Crippen molar-refractivity contribution in [3.8, 4) is 11.4 Å². The van der Waals surface area contributed by atoms with Crippen molar-refractivity contribution >= 4 is 0 Å². The van der Waals surface area contributed by atoms with E-state index in [-0.39, 0.29) is 6.61 Å². The van der Waals surface area contributed by atoms with Crippen LogP contribution in [0.15, 0.2) is 30.5 Å². The molecule has 0 amide bonds. The standard InChI is InChI=1S/C14H16N2O/c1-3-13-12(9-17)8-15-14(16-13)11-6-4-10(2)5-7-11/h4-8,17H,3,9H2,1-2H3. The lowest BCUT2D eigenvalue weighted by atomic mass is 10.1. The highest BCUT2D eigenvalue weighted by atomic mass is 16.3. The molecule has 1 aromatic carbocycles. The molecule has 0 bridgehead atoms. The van der Waals surface area contributed by atoms with Crippen molar-refractivity contribution in [1.82, 2.24) is 9.97 Å². The zero-order valence-corrected chi connectivity index (χ0v) is 10.1. The highest BCUT2D eigenvalue weighted by Crippen LogP contribution is 2.17. The van der Waals surface area contributed by atoms with Gasteiger partial charge in [0.25, 0.3) is 0 Å². The number of rotatable bonds is 3. The number of hydrogen-bond acceptors (Lipinski definition) is 3. The fourth-order valence-electron chi connectivity index (χ4n) is 1.72. The van der Waals surface area contributed by atoms with E-state index in [1.54, 1.807) is 6.20 Å². The average Bonchev–Trinajstić information content (AvgIpc) is 2.39. The maximum Gasteiger partial charge on any atom is 0.159 e. The van der Waals surface area contributed by atoms with E-state index in [1.807, 2.05) is 31.2 Å². The molecule has 0 saturated carbocycles. The van der Waals surface area contributed by atoms with Crippen LogP contribution in [-0.2, 0) is 13.0 Å². The van der Waals surface area contributed by atoms with Crippen LogP contribution in [0, 0.1) is 6.92 Å². The predicted octanol–water partition coefficient (Wildman–Crippen LogP) is 2.51. The zero-order chi connectivity index (χ0) is 12.3. The van der Waals surface area contributed by atoms with Crippen LogP contribution in [0.5, 0.6) is 0 Å². The van der Waals surface area contributed by atoms with Gasteiger partial charge in [0.05, 0.1) is 6.61 Å². The van der Waals surface area contributed by atoms with Crippen LogP contribution in [0.4, 0.5) is 0 Å². The Morgan fingerprint density at radius 2 is 1.88 bits per heavy atom. The third-order valence-corrected chi connectivity index (χ3v) is 2.77. The summed E-state index contributed by atoms with van der Waals surface area (Å²) >= 11 is 0. The Bertz CT molecular complexity index is 506. The SMILES string of the molecule is CCc1nc(-c2ccc(C)cc2)ncc1CO. The van der Waals surface area contributed by atoms with Gasteiger partial charge in [0, 0.05) is 23.0 Å². The molecule has 0 fully saturated rings. The monoisotopic (exact) mass is 228 g/mol. The first kappa shape index (κ1) is 11.7. The van der Waals surface area contributed by atoms with Crippen LogP contribution in [0.1, 0.15) is 23.7 Å². The molecule has 17 heavy (non-hydrogen) atoms. The van der Waals surface area contributed by atoms with Gasteiger partial charge in [-0.3, -0.25) is 0 Å². The molecule has 0 unspecified atom stereocenters. The summed E-state index contributed by atoms with van der Waals surface area (Å²) < 4.78 is 0. The molecule has 0 spiro atoms. The van der Waals surface area contributed by atoms with Crippen LogP contribution in [-0.4, -0.2) is 15.1 Å². The van der Waals surface area contributed by atoms with Crippen molar-refractivity contribution < 1.29 is 5.11 Å². The van der Waals surface area contributed by atoms with Gasteiger partial charge < -0.3 is 5.11 Å². The maximum absolute atomic E-state index is 9.17. The minimum atomic E-state index is -0.00263. The van der Waals surface area contributed by atoms with E-state index in [0.717, 1.165) is 29.1 Å². The summed E-state index contributed by atoms with van der Waals surface area (Å²) in [5, 5.41) is 9.17. The molecule has 2 rings (SSSR count). The fourth-order valence-corrected chi connectivity index (χ4v) is 1.72. The lowest BCUT2D eigenvalue weighted by molar-refractivity contribution is 0.279. The Labute approximate surface area is 101 Å². The van der Waals surface area contributed by atoms with Gasteiger partial charge in [-0.1, -0.05) is 36.8 Å². The smallest absolute Gasteiger partial charge is 0.159 e. The molecule has 3 nitrogen and oxygen atoms in total. The largest absolute Gasteiger partial charge is 0.392 e. The molecule has 3 heteroatoms. The van der Waals surface area contributed by atoms with Crippen molar-refractivity contribution in [2.75, 3.05) is 0 Å². The topological polar surface area (TPSA) is 46.0 Å². The number of aromatic nitrogens is 2. The lowest BCUT2D eigenvalue weighted by Gasteiger charge is -2.06. The van der Waals surface area contributed by atoms with Gasteiger partial charge in [0.1, 0.15) is 0 Å². The van der Waals surface area contributed by atoms with E-state index in [0.29, 0.717) is 0 Å². The van der Waals surface area contributed by atoms with Crippen LogP contribution >= 0.6 is 0 Å². The Kier molecular flexibility index (Phi) is 3.49. The number of aliphatic hydroxyl groups excluding tert-OH is 1. The van der Waals surface area contributed by atoms with E-state index in [2.05, 4.69) is 16.9 Å². The number of hydrogen-bond donors (Lipinski definition) is 1. The van der Waals surface area contributed by atoms with Crippen molar-refractivity contribution in [3.05, 3.63) is 47.3 Å². The van der Waals surface area contributed by atoms with Gasteiger partial charge in [-0.25, -0.2) is 9.97 Å². The van der Waals surface area contributed by atoms with Gasteiger partial charge in [-0.15, -0.1) is 0 Å². The lowest BCUT2D eigenvalue weighted by Crippen LogP contribution is -2.00. The summed E-state index contributed by atoms with van der Waals surface area (Å²) in [6.07, 6.45) is 2.51. The van der Waals surface area contributed by atoms with Crippen molar-refractivity contribution in [1.29, 1.82) is 0 Å². The molecule has 1 N–H and O–H groups in total. The molecule has 0 atom stereocenters. The van der Waals surface area contributed by atoms with Crippen LogP contribution in [0.2, 0.25) is 0 Å². The second-order valence-electron chi connectivity index (χ2n) is 4.04. The number of aliphatic hydroxyl groups is 1. The predicted molar refractivity (Wildman–Crippen MR) is 67.5 cm³/mol. The number of aryl methyl sites for hydroxylation is 2. The molecular formula is C14H16N2O. The molecular weight excluding hydrogens is 212 g/mol. The Morgan fingerprint density at radius 1 is 1.18 bits per heavy atom. The molecule has 0 radical (unpaired) electrons. The molecule has 88 valence electrons. The minimum Gasteiger partial charge on any atom is -0.392 e. The van der Waals surface area contributed by atoms with Crippen molar-refractivity contribution in [2.24, 2.45) is 0 Å². The summed E-state index contributed by atoms with van der Waals surface area (Å²) in [4.78, 5) is 8.78. The van der Waals surface area contributed by atoms with E-state index in [4.69, 9.17) is 5.11 Å². The Morgan fingerprint density at radius 3 is 2.47 bits per heavy atom. The van der Waals surface area contributed by atoms with Crippen LogP contribution in [0.25, 0.3) is 11.4 Å². The van der Waals surface area contributed by atoms with Crippen LogP contribution < -0.4 is 0 Å². The summed E-state index contributed by atoms with van der Waals surface area (Å²) in [5.74, 6) is 0.721. The second-order valence-corrected chi connectivity index (χ2v) is 4.04. The van der Waals surface area contributed by atoms with Gasteiger partial charge in [-0.2, -0.15) is 0 Å². The van der Waals surface area contributed by atoms with Gasteiger partial charge in [0.15, 0.2) is 5.82 Å². The summed E-state index contributed by atoms with van der Waals surface area (Å²) in [6.45, 7) is 4.08. The quantitative estimate of drug-likeness (QED) is 0.878. The third kappa shape index (κ3) is 2.50. The third-order valence-electron chi connectivity index (χ3n) is 2.77. The van der Waals surface area contributed by atoms with E-state index in [9.17, 15) is 0 Å². The molecule has 0 aliphatic rings. The van der Waals surface area contributed by atoms with Crippen LogP contribution in [0.3, 0.4) is 0 Å². The zero-order valence-electron chi connectivity index (χ0n) is 10.1. The summed E-state index contributed by atoms with van der Waals surface area (Å²) in [5.41, 5.74) is 3.95. The summed E-state index contributed by atoms with van der Waals surface area (Å²) in [7, 11) is 0. The Hall–Kier alpha value is -1.74. The minimum absolute atomic E-state index is 0.00263. The van der Waals surface area contributed by atoms with E-state index < -0.39 is 0 Å². The molecule has 0 aliphatic heterocycles. The molecule has 1 aromatic heterocycles. The highest BCUT2D eigenvalue weighted by molar-refractivity contribution is 5.55. The number of nitrogens with zero attached hydrogens (tertiary/aromatic N) is 2. The van der Waals surface area contributed by atoms with E-state index in [1.165, 1.54) is 5.56 Å². The van der Waals surface area contributed by atoms with Crippen molar-refractivity contribution in [3.63, 3.8) is 0 Å². The first-order valence-corrected chi connectivity index (χ1v) is 5.77. The average molecular weight is 228 g/mol. The van der Waals surface area contributed by atoms with Gasteiger partial charge in [-0.05, 0) is 13.3 Å². The molecule has 0 saturated heterocycles. The highest BCUT2D eigenvalue weighted by Gasteiger charge is 2.06. The second kappa shape index (κ2) is 5.06.